The van der Waals surface area contributed by atoms with Crippen molar-refractivity contribution in [2.45, 2.75) is 39.3 Å². The third-order valence-corrected chi connectivity index (χ3v) is 8.35. The first-order valence-corrected chi connectivity index (χ1v) is 14.6. The van der Waals surface area contributed by atoms with Gasteiger partial charge in [0.25, 0.3) is 0 Å². The Morgan fingerprint density at radius 1 is 1.18 bits per heavy atom. The van der Waals surface area contributed by atoms with E-state index in [0.29, 0.717) is 36.1 Å². The van der Waals surface area contributed by atoms with Crippen LogP contribution in [0.1, 0.15) is 43.4 Å². The number of benzene rings is 2. The fourth-order valence-corrected chi connectivity index (χ4v) is 6.10. The minimum atomic E-state index is -0.827. The minimum absolute atomic E-state index is 0.0320. The van der Waals surface area contributed by atoms with Gasteiger partial charge in [-0.25, -0.2) is 18.6 Å². The van der Waals surface area contributed by atoms with Crippen LogP contribution >= 0.6 is 0 Å². The van der Waals surface area contributed by atoms with Crippen LogP contribution in [0.2, 0.25) is 0 Å². The van der Waals surface area contributed by atoms with E-state index in [1.807, 2.05) is 31.7 Å². The maximum absolute atomic E-state index is 16.1. The number of carbonyl (C=O) groups excluding carboxylic acids is 1. The van der Waals surface area contributed by atoms with Gasteiger partial charge in [0.2, 0.25) is 5.91 Å². The molecule has 6 rings (SSSR count). The summed E-state index contributed by atoms with van der Waals surface area (Å²) in [6, 6.07) is 12.9. The highest BCUT2D eigenvalue weighted by Crippen LogP contribution is 2.36. The summed E-state index contributed by atoms with van der Waals surface area (Å²) < 4.78 is 38.3. The highest BCUT2D eigenvalue weighted by atomic mass is 19.1. The molecular formula is C34H30F2N6O3. The van der Waals surface area contributed by atoms with E-state index in [2.05, 4.69) is 22.6 Å². The van der Waals surface area contributed by atoms with Crippen molar-refractivity contribution in [3.8, 4) is 17.3 Å². The van der Waals surface area contributed by atoms with Gasteiger partial charge >= 0.3 is 5.69 Å². The molecule has 1 aliphatic heterocycles. The highest BCUT2D eigenvalue weighted by molar-refractivity contribution is 5.95. The van der Waals surface area contributed by atoms with Gasteiger partial charge in [-0.05, 0) is 60.4 Å². The molecule has 0 unspecified atom stereocenters. The Balaban J connectivity index is 1.61. The Labute approximate surface area is 257 Å². The normalized spacial score (nSPS) is 15.2. The van der Waals surface area contributed by atoms with Crippen molar-refractivity contribution in [1.29, 1.82) is 5.26 Å². The molecule has 2 aromatic carbocycles. The fraction of sp³-hybridized carbons (Fsp3) is 0.265. The highest BCUT2D eigenvalue weighted by Gasteiger charge is 2.30. The van der Waals surface area contributed by atoms with E-state index in [1.165, 1.54) is 35.1 Å². The summed E-state index contributed by atoms with van der Waals surface area (Å²) in [5, 5.41) is 10.7. The first-order chi connectivity index (χ1) is 21.6. The summed E-state index contributed by atoms with van der Waals surface area (Å²) in [7, 11) is 0. The smallest absolute Gasteiger partial charge is 0.351 e. The Hall–Kier alpha value is -5.37. The quantitative estimate of drug-likeness (QED) is 0.226. The van der Waals surface area contributed by atoms with Gasteiger partial charge in [0, 0.05) is 31.1 Å². The molecule has 1 saturated heterocycles. The molecule has 1 aliphatic rings. The molecule has 1 amide bonds. The van der Waals surface area contributed by atoms with E-state index in [1.54, 1.807) is 23.1 Å². The summed E-state index contributed by atoms with van der Waals surface area (Å²) >= 11 is 0. The number of fused-ring (bicyclic) bond motifs is 2. The molecule has 0 radical (unpaired) electrons. The summed E-state index contributed by atoms with van der Waals surface area (Å²) in [5.74, 6) is -1.54. The number of piperazine rings is 1. The van der Waals surface area contributed by atoms with E-state index < -0.39 is 17.3 Å². The summed E-state index contributed by atoms with van der Waals surface area (Å²) in [6.07, 6.45) is 2.64. The van der Waals surface area contributed by atoms with Crippen LogP contribution in [0.15, 0.2) is 70.6 Å². The number of anilines is 1. The second kappa shape index (κ2) is 11.6. The third-order valence-electron chi connectivity index (χ3n) is 8.35. The lowest BCUT2D eigenvalue weighted by Crippen LogP contribution is -2.54. The first-order valence-electron chi connectivity index (χ1n) is 14.6. The lowest BCUT2D eigenvalue weighted by atomic mass is 9.93. The summed E-state index contributed by atoms with van der Waals surface area (Å²) in [6.45, 7) is 10.3. The molecule has 4 heterocycles. The van der Waals surface area contributed by atoms with Crippen molar-refractivity contribution in [3.63, 3.8) is 0 Å². The van der Waals surface area contributed by atoms with E-state index in [-0.39, 0.29) is 58.1 Å². The zero-order chi connectivity index (χ0) is 32.0. The Bertz CT molecular complexity index is 2090. The zero-order valence-corrected chi connectivity index (χ0v) is 25.1. The Morgan fingerprint density at radius 2 is 1.98 bits per heavy atom. The van der Waals surface area contributed by atoms with Crippen molar-refractivity contribution >= 4 is 33.7 Å². The number of aromatic nitrogens is 3. The number of pyridine rings is 1. The second-order valence-corrected chi connectivity index (χ2v) is 11.4. The predicted molar refractivity (Wildman–Crippen MR) is 167 cm³/mol. The lowest BCUT2D eigenvalue weighted by Gasteiger charge is -2.40. The maximum atomic E-state index is 16.1. The van der Waals surface area contributed by atoms with Crippen LogP contribution in [0.4, 0.5) is 14.6 Å². The van der Waals surface area contributed by atoms with Gasteiger partial charge in [0.15, 0.2) is 5.82 Å². The molecule has 3 aromatic heterocycles. The number of nitrogens with zero attached hydrogens (tertiary/aromatic N) is 6. The topological polar surface area (TPSA) is 108 Å². The molecule has 0 saturated carbocycles. The maximum Gasteiger partial charge on any atom is 0.351 e. The molecule has 11 heteroatoms. The Morgan fingerprint density at radius 3 is 2.69 bits per heavy atom. The van der Waals surface area contributed by atoms with Crippen LogP contribution in [-0.2, 0) is 11.3 Å². The molecular weight excluding hydrogens is 578 g/mol. The molecule has 9 nitrogen and oxygen atoms in total. The molecule has 1 atom stereocenters. The number of hydrogen-bond donors (Lipinski definition) is 0. The van der Waals surface area contributed by atoms with Crippen molar-refractivity contribution < 1.29 is 18.0 Å². The number of carbonyl (C=O) groups is 1. The third kappa shape index (κ3) is 5.12. The summed E-state index contributed by atoms with van der Waals surface area (Å²) in [4.78, 5) is 38.7. The SMILES string of the molecule is C=CC(=O)N1CCN(c2nc(=O)n(Cc3c(C#N)cccc3C(C)C)c3nc(-c4c(F)ccc5ccoc45)c(F)cc23)[C@@H](C)C1. The number of furan rings is 1. The average molecular weight is 609 g/mol. The van der Waals surface area contributed by atoms with E-state index in [9.17, 15) is 14.9 Å². The van der Waals surface area contributed by atoms with Crippen LogP contribution in [-0.4, -0.2) is 51.0 Å². The molecule has 0 N–H and O–H groups in total. The molecule has 0 aliphatic carbocycles. The van der Waals surface area contributed by atoms with Crippen molar-refractivity contribution in [3.05, 3.63) is 100 Å². The number of rotatable bonds is 6. The summed E-state index contributed by atoms with van der Waals surface area (Å²) in [5.41, 5.74) is 0.904. The Kier molecular flexibility index (Phi) is 7.66. The van der Waals surface area contributed by atoms with Crippen LogP contribution in [0, 0.1) is 23.0 Å². The van der Waals surface area contributed by atoms with Gasteiger partial charge in [-0.2, -0.15) is 10.2 Å². The lowest BCUT2D eigenvalue weighted by molar-refractivity contribution is -0.126. The number of halogens is 2. The molecule has 0 spiro atoms. The van der Waals surface area contributed by atoms with Crippen LogP contribution in [0.3, 0.4) is 0 Å². The second-order valence-electron chi connectivity index (χ2n) is 11.4. The van der Waals surface area contributed by atoms with Crippen LogP contribution in [0.5, 0.6) is 0 Å². The standard InChI is InChI=1S/C34H30F2N6O3/c1-5-28(43)40-12-13-41(20(4)17-40)33-24-15-27(36)30(29-26(35)10-9-21-11-14-45-31(21)29)38-32(24)42(34(44)39-33)18-25-22(16-37)7-6-8-23(25)19(2)3/h5-11,14-15,19-20H,1,12-13,17-18H2,2-4H3/t20-/m0/s1. The van der Waals surface area contributed by atoms with Gasteiger partial charge in [-0.1, -0.05) is 32.6 Å². The molecule has 228 valence electrons. The number of hydrogen-bond acceptors (Lipinski definition) is 7. The van der Waals surface area contributed by atoms with Crippen molar-refractivity contribution in [2.24, 2.45) is 0 Å². The molecule has 5 aromatic rings. The van der Waals surface area contributed by atoms with Gasteiger partial charge < -0.3 is 14.2 Å². The van der Waals surface area contributed by atoms with Crippen LogP contribution < -0.4 is 10.6 Å². The number of amides is 1. The van der Waals surface area contributed by atoms with Gasteiger partial charge in [-0.15, -0.1) is 0 Å². The van der Waals surface area contributed by atoms with E-state index in [4.69, 9.17) is 4.42 Å². The van der Waals surface area contributed by atoms with Gasteiger partial charge in [0.1, 0.15) is 28.6 Å². The van der Waals surface area contributed by atoms with E-state index in [0.717, 1.165) is 5.56 Å². The molecule has 1 fully saturated rings. The predicted octanol–water partition coefficient (Wildman–Crippen LogP) is 5.75. The molecule has 45 heavy (non-hydrogen) atoms. The largest absolute Gasteiger partial charge is 0.464 e. The van der Waals surface area contributed by atoms with E-state index >= 15 is 8.78 Å². The molecule has 0 bridgehead atoms. The van der Waals surface area contributed by atoms with Gasteiger partial charge in [0.05, 0.1) is 35.4 Å². The van der Waals surface area contributed by atoms with Crippen molar-refractivity contribution in [2.75, 3.05) is 24.5 Å². The fourth-order valence-electron chi connectivity index (χ4n) is 6.10. The minimum Gasteiger partial charge on any atom is -0.464 e. The first kappa shape index (κ1) is 29.7. The average Bonchev–Trinajstić information content (AvgIpc) is 3.51. The number of nitriles is 1. The monoisotopic (exact) mass is 608 g/mol. The zero-order valence-electron chi connectivity index (χ0n) is 25.1. The van der Waals surface area contributed by atoms with Gasteiger partial charge in [-0.3, -0.25) is 9.36 Å². The van der Waals surface area contributed by atoms with Crippen molar-refractivity contribution in [1.82, 2.24) is 19.4 Å². The van der Waals surface area contributed by atoms with Crippen LogP contribution in [0.25, 0.3) is 33.3 Å².